The predicted octanol–water partition coefficient (Wildman–Crippen LogP) is -2.81. The summed E-state index contributed by atoms with van der Waals surface area (Å²) in [6, 6.07) is 0. The van der Waals surface area contributed by atoms with E-state index in [0.717, 1.165) is 0 Å². The van der Waals surface area contributed by atoms with Gasteiger partial charge in [-0.1, -0.05) is 0 Å². The molecule has 0 aliphatic heterocycles. The summed E-state index contributed by atoms with van der Waals surface area (Å²) in [5.74, 6) is 0. The molecule has 7 nitrogen and oxygen atoms in total. The molecule has 10 heteroatoms. The minimum Gasteiger partial charge on any atom is -0.566 e. The molecule has 0 spiro atoms. The Hall–Kier alpha value is 1.00. The smallest absolute Gasteiger partial charge is 0.566 e. The van der Waals surface area contributed by atoms with Crippen molar-refractivity contribution in [1.82, 2.24) is 0 Å². The van der Waals surface area contributed by atoms with E-state index in [9.17, 15) is 14.0 Å². The summed E-state index contributed by atoms with van der Waals surface area (Å²) in [6.45, 7) is -0.498. The summed E-state index contributed by atoms with van der Waals surface area (Å²) >= 11 is 0. The van der Waals surface area contributed by atoms with Crippen LogP contribution in [0.4, 0.5) is 0 Å². The van der Waals surface area contributed by atoms with E-state index in [1.165, 1.54) is 0 Å². The van der Waals surface area contributed by atoms with E-state index in [1.807, 2.05) is 0 Å². The monoisotopic (exact) mass is 226 g/mol. The van der Waals surface area contributed by atoms with Crippen LogP contribution in [0.15, 0.2) is 0 Å². The standard InChI is InChI=1S/C2H4O7P2.Na/c3-9-11(6)8-2-1-7-10(4)5;/h1-2H2;/q;+1/p+1. The van der Waals surface area contributed by atoms with E-state index in [1.54, 1.807) is 0 Å². The Balaban J connectivity index is 0. The number of hydrogen-bond donors (Lipinski definition) is 1. The Morgan fingerprint density at radius 1 is 1.25 bits per heavy atom. The van der Waals surface area contributed by atoms with E-state index in [0.29, 0.717) is 0 Å². The maximum Gasteiger partial charge on any atom is 1.00 e. The molecule has 0 fully saturated rings. The molecule has 1 N–H and O–H groups in total. The fourth-order valence-electron chi connectivity index (χ4n) is 0.247. The van der Waals surface area contributed by atoms with E-state index in [-0.39, 0.29) is 42.8 Å². The zero-order valence-electron chi connectivity index (χ0n) is 6.21. The van der Waals surface area contributed by atoms with Gasteiger partial charge in [-0.2, -0.15) is 0 Å². The molecule has 0 heterocycles. The van der Waals surface area contributed by atoms with Gasteiger partial charge in [0.25, 0.3) is 0 Å². The molecule has 64 valence electrons. The van der Waals surface area contributed by atoms with Crippen LogP contribution in [0, 0.1) is 0 Å². The fraction of sp³-hybridized carbons (Fsp3) is 1.00. The van der Waals surface area contributed by atoms with E-state index in [2.05, 4.69) is 13.7 Å². The molecule has 0 aliphatic rings. The van der Waals surface area contributed by atoms with Crippen LogP contribution >= 0.6 is 16.5 Å². The molecule has 2 unspecified atom stereocenters. The number of hydrogen-bond acceptors (Lipinski definition) is 7. The molecule has 12 heavy (non-hydrogen) atoms. The van der Waals surface area contributed by atoms with Gasteiger partial charge in [0.1, 0.15) is 13.2 Å². The zero-order chi connectivity index (χ0) is 8.69. The normalized spacial score (nSPS) is 11.8. The van der Waals surface area contributed by atoms with Crippen LogP contribution < -0.4 is 34.5 Å². The van der Waals surface area contributed by atoms with Gasteiger partial charge in [-0.25, -0.2) is 5.26 Å². The van der Waals surface area contributed by atoms with Crippen molar-refractivity contribution in [2.45, 2.75) is 0 Å². The van der Waals surface area contributed by atoms with Gasteiger partial charge in [0, 0.05) is 4.57 Å². The Kier molecular flexibility index (Phi) is 13.0. The van der Waals surface area contributed by atoms with Crippen molar-refractivity contribution >= 4 is 16.5 Å². The van der Waals surface area contributed by atoms with Crippen LogP contribution in [0.5, 0.6) is 0 Å². The van der Waals surface area contributed by atoms with Crippen LogP contribution in [-0.2, 0) is 22.9 Å². The van der Waals surface area contributed by atoms with Gasteiger partial charge in [0.15, 0.2) is 0 Å². The van der Waals surface area contributed by atoms with Crippen LogP contribution in [0.3, 0.4) is 0 Å². The minimum atomic E-state index is -2.91. The Labute approximate surface area is 92.1 Å². The third-order valence-electron chi connectivity index (χ3n) is 0.543. The van der Waals surface area contributed by atoms with Crippen molar-refractivity contribution in [3.05, 3.63) is 0 Å². The Morgan fingerprint density at radius 2 is 1.75 bits per heavy atom. The molecule has 0 saturated heterocycles. The third-order valence-corrected chi connectivity index (χ3v) is 1.46. The molecule has 0 saturated carbocycles. The largest absolute Gasteiger partial charge is 1.00 e. The van der Waals surface area contributed by atoms with Gasteiger partial charge in [-0.15, -0.1) is 9.05 Å². The first kappa shape index (κ1) is 15.5. The van der Waals surface area contributed by atoms with Crippen molar-refractivity contribution in [1.29, 1.82) is 0 Å². The average molecular weight is 226 g/mol. The average Bonchev–Trinajstić information content (AvgIpc) is 1.97. The summed E-state index contributed by atoms with van der Waals surface area (Å²) in [5, 5.41) is 7.67. The van der Waals surface area contributed by atoms with E-state index in [4.69, 9.17) is 5.26 Å². The first-order valence-electron chi connectivity index (χ1n) is 2.36. The Bertz CT molecular complexity index is 150. The van der Waals surface area contributed by atoms with Gasteiger partial charge in [-0.3, -0.25) is 0 Å². The van der Waals surface area contributed by atoms with Crippen LogP contribution in [0.25, 0.3) is 0 Å². The fourth-order valence-corrected chi connectivity index (χ4v) is 0.742. The van der Waals surface area contributed by atoms with Crippen LogP contribution in [0.2, 0.25) is 0 Å². The van der Waals surface area contributed by atoms with Gasteiger partial charge in [-0.05, 0) is 4.57 Å². The van der Waals surface area contributed by atoms with Crippen LogP contribution in [-0.4, -0.2) is 18.5 Å². The zero-order valence-corrected chi connectivity index (χ0v) is 9.99. The molecule has 0 aromatic heterocycles. The second-order valence-corrected chi connectivity index (χ2v) is 2.77. The molecule has 0 rings (SSSR count). The van der Waals surface area contributed by atoms with E-state index < -0.39 is 16.5 Å². The van der Waals surface area contributed by atoms with E-state index >= 15 is 0 Å². The number of rotatable bonds is 6. The third kappa shape index (κ3) is 11.0. The molecule has 2 atom stereocenters. The first-order chi connectivity index (χ1) is 5.16. The first-order valence-corrected chi connectivity index (χ1v) is 4.55. The van der Waals surface area contributed by atoms with Gasteiger partial charge in [0.05, 0.1) is 4.67 Å². The van der Waals surface area contributed by atoms with Crippen molar-refractivity contribution in [2.75, 3.05) is 13.2 Å². The maximum absolute atomic E-state index is 10.1. The minimum absolute atomic E-state index is 0. The summed E-state index contributed by atoms with van der Waals surface area (Å²) < 4.78 is 31.2. The molecule has 0 radical (unpaired) electrons. The SMILES string of the molecule is O=[P+]([O-])OCCO[P+](=O)OO.[Na+]. The topological polar surface area (TPSA) is 105 Å². The van der Waals surface area contributed by atoms with Gasteiger partial charge < -0.3 is 4.89 Å². The van der Waals surface area contributed by atoms with Crippen molar-refractivity contribution in [3.63, 3.8) is 0 Å². The quantitative estimate of drug-likeness (QED) is 0.171. The molecule has 0 aromatic rings. The molecular weight excluding hydrogens is 221 g/mol. The summed E-state index contributed by atoms with van der Waals surface area (Å²) in [4.78, 5) is 9.72. The molecule has 0 aliphatic carbocycles. The van der Waals surface area contributed by atoms with Crippen molar-refractivity contribution in [3.8, 4) is 0 Å². The second kappa shape index (κ2) is 10.1. The predicted molar refractivity (Wildman–Crippen MR) is 30.8 cm³/mol. The van der Waals surface area contributed by atoms with Crippen molar-refractivity contribution in [2.24, 2.45) is 0 Å². The Morgan fingerprint density at radius 3 is 2.17 bits per heavy atom. The van der Waals surface area contributed by atoms with Crippen LogP contribution in [0.1, 0.15) is 0 Å². The maximum atomic E-state index is 10.1. The summed E-state index contributed by atoms with van der Waals surface area (Å²) in [5.41, 5.74) is 0. The molecule has 0 bridgehead atoms. The van der Waals surface area contributed by atoms with Gasteiger partial charge in [0.2, 0.25) is 0 Å². The van der Waals surface area contributed by atoms with Gasteiger partial charge >= 0.3 is 46.1 Å². The molecule has 0 amide bonds. The van der Waals surface area contributed by atoms with Crippen molar-refractivity contribution < 1.29 is 62.6 Å². The molecule has 0 aromatic carbocycles. The summed E-state index contributed by atoms with van der Waals surface area (Å²) in [6.07, 6.45) is 0. The molecular formula is C2H5NaO7P2+2. The summed E-state index contributed by atoms with van der Waals surface area (Å²) in [7, 11) is -5.49. The second-order valence-electron chi connectivity index (χ2n) is 1.20.